The van der Waals surface area contributed by atoms with Gasteiger partial charge < -0.3 is 15.2 Å². The molecule has 1 aliphatic rings. The Morgan fingerprint density at radius 2 is 2.25 bits per heavy atom. The monoisotopic (exact) mass is 345 g/mol. The van der Waals surface area contributed by atoms with E-state index in [9.17, 15) is 9.59 Å². The van der Waals surface area contributed by atoms with E-state index in [1.807, 2.05) is 18.7 Å². The number of hydrogen-bond acceptors (Lipinski definition) is 3. The van der Waals surface area contributed by atoms with Gasteiger partial charge in [0.05, 0.1) is 5.56 Å². The first-order valence-electron chi connectivity index (χ1n) is 8.39. The van der Waals surface area contributed by atoms with Gasteiger partial charge in [-0.1, -0.05) is 13.3 Å². The molecule has 3 rings (SSSR count). The molecule has 0 saturated carbocycles. The van der Waals surface area contributed by atoms with Gasteiger partial charge in [-0.25, -0.2) is 0 Å². The zero-order chi connectivity index (χ0) is 17.1. The Balaban J connectivity index is 1.70. The number of carbonyl (C=O) groups is 2. The maximum atomic E-state index is 12.9. The van der Waals surface area contributed by atoms with Crippen molar-refractivity contribution in [2.75, 3.05) is 6.54 Å². The van der Waals surface area contributed by atoms with Crippen molar-refractivity contribution in [3.8, 4) is 0 Å². The zero-order valence-electron chi connectivity index (χ0n) is 14.1. The summed E-state index contributed by atoms with van der Waals surface area (Å²) in [4.78, 5) is 31.6. The lowest BCUT2D eigenvalue weighted by Crippen LogP contribution is -2.49. The highest BCUT2D eigenvalue weighted by atomic mass is 32.1. The molecule has 128 valence electrons. The van der Waals surface area contributed by atoms with Crippen molar-refractivity contribution >= 4 is 23.2 Å². The van der Waals surface area contributed by atoms with Crippen LogP contribution < -0.4 is 5.32 Å². The first kappa shape index (κ1) is 16.8. The number of nitrogens with zero attached hydrogens (tertiary/aromatic N) is 1. The lowest BCUT2D eigenvalue weighted by atomic mass is 10.1. The van der Waals surface area contributed by atoms with Gasteiger partial charge in [-0.2, -0.15) is 0 Å². The molecule has 1 unspecified atom stereocenters. The van der Waals surface area contributed by atoms with Gasteiger partial charge in [0.25, 0.3) is 5.91 Å². The molecule has 6 heteroatoms. The Labute approximate surface area is 146 Å². The summed E-state index contributed by atoms with van der Waals surface area (Å²) in [5.41, 5.74) is 2.65. The van der Waals surface area contributed by atoms with Crippen molar-refractivity contribution in [1.29, 1.82) is 0 Å². The van der Waals surface area contributed by atoms with Crippen molar-refractivity contribution < 1.29 is 9.59 Å². The van der Waals surface area contributed by atoms with Gasteiger partial charge in [0.1, 0.15) is 6.04 Å². The third-order valence-corrected chi connectivity index (χ3v) is 5.52. The molecule has 2 aromatic rings. The van der Waals surface area contributed by atoms with Gasteiger partial charge in [-0.3, -0.25) is 9.59 Å². The van der Waals surface area contributed by atoms with Crippen LogP contribution in [0, 0.1) is 6.92 Å². The Kier molecular flexibility index (Phi) is 5.04. The summed E-state index contributed by atoms with van der Waals surface area (Å²) in [5, 5.41) is 5.01. The standard InChI is InChI=1S/C18H23N3O2S/c1-3-4-15(20-17(22)14-5-8-19-12(14)2)18(23)21-9-6-16-13(11-21)7-10-24-16/h5,7-8,10,15,19H,3-4,6,9,11H2,1-2H3,(H,20,22). The van der Waals surface area contributed by atoms with Crippen LogP contribution in [-0.2, 0) is 17.8 Å². The average Bonchev–Trinajstić information content (AvgIpc) is 3.21. The number of rotatable bonds is 5. The number of aromatic nitrogens is 1. The molecule has 2 N–H and O–H groups in total. The summed E-state index contributed by atoms with van der Waals surface area (Å²) < 4.78 is 0. The first-order chi connectivity index (χ1) is 11.6. The molecular weight excluding hydrogens is 322 g/mol. The van der Waals surface area contributed by atoms with E-state index in [-0.39, 0.29) is 11.8 Å². The number of fused-ring (bicyclic) bond motifs is 1. The molecule has 1 atom stereocenters. The third kappa shape index (κ3) is 3.38. The molecule has 0 fully saturated rings. The van der Waals surface area contributed by atoms with Gasteiger partial charge >= 0.3 is 0 Å². The number of H-pyrrole nitrogens is 1. The highest BCUT2D eigenvalue weighted by Gasteiger charge is 2.29. The molecule has 0 radical (unpaired) electrons. The number of aromatic amines is 1. The van der Waals surface area contributed by atoms with E-state index < -0.39 is 6.04 Å². The number of hydrogen-bond donors (Lipinski definition) is 2. The van der Waals surface area contributed by atoms with Crippen molar-refractivity contribution in [2.45, 2.75) is 45.7 Å². The Hall–Kier alpha value is -2.08. The molecule has 2 aromatic heterocycles. The van der Waals surface area contributed by atoms with E-state index >= 15 is 0 Å². The Bertz CT molecular complexity index is 734. The molecule has 5 nitrogen and oxygen atoms in total. The van der Waals surface area contributed by atoms with Gasteiger partial charge in [0.15, 0.2) is 0 Å². The van der Waals surface area contributed by atoms with E-state index in [4.69, 9.17) is 0 Å². The van der Waals surface area contributed by atoms with Gasteiger partial charge in [-0.05, 0) is 42.8 Å². The third-order valence-electron chi connectivity index (χ3n) is 4.50. The van der Waals surface area contributed by atoms with Gasteiger partial charge in [0, 0.05) is 29.9 Å². The molecule has 1 aliphatic heterocycles. The molecule has 0 saturated heterocycles. The number of carbonyl (C=O) groups excluding carboxylic acids is 2. The van der Waals surface area contributed by atoms with Crippen molar-refractivity contribution in [2.24, 2.45) is 0 Å². The average molecular weight is 345 g/mol. The lowest BCUT2D eigenvalue weighted by molar-refractivity contribution is -0.134. The molecule has 0 spiro atoms. The van der Waals surface area contributed by atoms with Crippen LogP contribution in [0.15, 0.2) is 23.7 Å². The Morgan fingerprint density at radius 1 is 1.42 bits per heavy atom. The second kappa shape index (κ2) is 7.21. The summed E-state index contributed by atoms with van der Waals surface area (Å²) in [6.45, 7) is 5.26. The highest BCUT2D eigenvalue weighted by molar-refractivity contribution is 7.10. The summed E-state index contributed by atoms with van der Waals surface area (Å²) >= 11 is 1.76. The number of aryl methyl sites for hydroxylation is 1. The minimum absolute atomic E-state index is 0.0234. The lowest BCUT2D eigenvalue weighted by Gasteiger charge is -2.31. The highest BCUT2D eigenvalue weighted by Crippen LogP contribution is 2.24. The normalized spacial score (nSPS) is 15.0. The van der Waals surface area contributed by atoms with Crippen LogP contribution in [-0.4, -0.2) is 34.3 Å². The SMILES string of the molecule is CCCC(NC(=O)c1cc[nH]c1C)C(=O)N1CCc2sccc2C1. The second-order valence-electron chi connectivity index (χ2n) is 6.21. The van der Waals surface area contributed by atoms with E-state index in [0.29, 0.717) is 18.5 Å². The van der Waals surface area contributed by atoms with Crippen LogP contribution in [0.1, 0.15) is 46.3 Å². The minimum atomic E-state index is -0.461. The maximum absolute atomic E-state index is 12.9. The van der Waals surface area contributed by atoms with Gasteiger partial charge in [-0.15, -0.1) is 11.3 Å². The second-order valence-corrected chi connectivity index (χ2v) is 7.21. The summed E-state index contributed by atoms with van der Waals surface area (Å²) in [7, 11) is 0. The number of thiophene rings is 1. The molecule has 3 heterocycles. The fourth-order valence-corrected chi connectivity index (χ4v) is 4.03. The van der Waals surface area contributed by atoms with Crippen LogP contribution >= 0.6 is 11.3 Å². The topological polar surface area (TPSA) is 65.2 Å². The number of amides is 2. The van der Waals surface area contributed by atoms with E-state index in [2.05, 4.69) is 21.7 Å². The molecular formula is C18H23N3O2S. The smallest absolute Gasteiger partial charge is 0.253 e. The fourth-order valence-electron chi connectivity index (χ4n) is 3.14. The van der Waals surface area contributed by atoms with Crippen molar-refractivity contribution in [3.63, 3.8) is 0 Å². The van der Waals surface area contributed by atoms with Crippen LogP contribution in [0.4, 0.5) is 0 Å². The quantitative estimate of drug-likeness (QED) is 0.875. The van der Waals surface area contributed by atoms with Crippen LogP contribution in [0.5, 0.6) is 0 Å². The molecule has 0 aromatic carbocycles. The maximum Gasteiger partial charge on any atom is 0.253 e. The zero-order valence-corrected chi connectivity index (χ0v) is 14.9. The largest absolute Gasteiger partial charge is 0.365 e. The van der Waals surface area contributed by atoms with Gasteiger partial charge in [0.2, 0.25) is 5.91 Å². The minimum Gasteiger partial charge on any atom is -0.365 e. The predicted octanol–water partition coefficient (Wildman–Crippen LogP) is 2.87. The van der Waals surface area contributed by atoms with Crippen LogP contribution in [0.3, 0.4) is 0 Å². The summed E-state index contributed by atoms with van der Waals surface area (Å²) in [5.74, 6) is -0.163. The molecule has 24 heavy (non-hydrogen) atoms. The van der Waals surface area contributed by atoms with Crippen molar-refractivity contribution in [1.82, 2.24) is 15.2 Å². The Morgan fingerprint density at radius 3 is 2.96 bits per heavy atom. The number of nitrogens with one attached hydrogen (secondary N) is 2. The summed E-state index contributed by atoms with van der Waals surface area (Å²) in [6.07, 6.45) is 4.15. The first-order valence-corrected chi connectivity index (χ1v) is 9.27. The van der Waals surface area contributed by atoms with Crippen LogP contribution in [0.25, 0.3) is 0 Å². The van der Waals surface area contributed by atoms with Crippen molar-refractivity contribution in [3.05, 3.63) is 45.4 Å². The molecule has 2 amide bonds. The molecule has 0 bridgehead atoms. The van der Waals surface area contributed by atoms with E-state index in [1.165, 1.54) is 10.4 Å². The summed E-state index contributed by atoms with van der Waals surface area (Å²) in [6, 6.07) is 3.38. The predicted molar refractivity (Wildman–Crippen MR) is 95.1 cm³/mol. The fraction of sp³-hybridized carbons (Fsp3) is 0.444. The van der Waals surface area contributed by atoms with E-state index in [0.717, 1.165) is 25.1 Å². The molecule has 0 aliphatic carbocycles. The van der Waals surface area contributed by atoms with E-state index in [1.54, 1.807) is 23.6 Å². The van der Waals surface area contributed by atoms with Crippen LogP contribution in [0.2, 0.25) is 0 Å².